The molecule has 1 aliphatic rings. The fourth-order valence-electron chi connectivity index (χ4n) is 2.30. The Morgan fingerprint density at radius 2 is 2.05 bits per heavy atom. The predicted octanol–water partition coefficient (Wildman–Crippen LogP) is 2.43. The van der Waals surface area contributed by atoms with Crippen molar-refractivity contribution in [3.63, 3.8) is 0 Å². The zero-order valence-corrected chi connectivity index (χ0v) is 11.2. The Morgan fingerprint density at radius 1 is 1.37 bits per heavy atom. The van der Waals surface area contributed by atoms with Gasteiger partial charge in [-0.2, -0.15) is 0 Å². The number of urea groups is 1. The lowest BCUT2D eigenvalue weighted by molar-refractivity contribution is 0.203. The zero-order chi connectivity index (χ0) is 13.7. The van der Waals surface area contributed by atoms with Gasteiger partial charge in [-0.15, -0.1) is 0 Å². The van der Waals surface area contributed by atoms with Crippen molar-refractivity contribution in [1.29, 1.82) is 0 Å². The number of rotatable bonds is 3. The first kappa shape index (κ1) is 13.8. The molecule has 1 saturated heterocycles. The smallest absolute Gasteiger partial charge is 0.319 e. The minimum atomic E-state index is -0.418. The van der Waals surface area contributed by atoms with Crippen molar-refractivity contribution in [1.82, 2.24) is 10.2 Å². The second kappa shape index (κ2) is 6.52. The van der Waals surface area contributed by atoms with Crippen LogP contribution in [0.1, 0.15) is 19.8 Å². The molecule has 1 aliphatic heterocycles. The standard InChI is InChI=1S/C14H20FN3O/c1-2-18-9-7-11(8-10-18)16-14(19)17-13-6-4-3-5-12(13)15/h3-6,11H,2,7-10H2,1H3,(H2,16,17,19). The highest BCUT2D eigenvalue weighted by Gasteiger charge is 2.19. The van der Waals surface area contributed by atoms with Crippen molar-refractivity contribution >= 4 is 11.7 Å². The van der Waals surface area contributed by atoms with E-state index in [2.05, 4.69) is 22.5 Å². The van der Waals surface area contributed by atoms with Gasteiger partial charge in [0.2, 0.25) is 0 Å². The monoisotopic (exact) mass is 265 g/mol. The van der Waals surface area contributed by atoms with Crippen LogP contribution in [0.25, 0.3) is 0 Å². The van der Waals surface area contributed by atoms with E-state index in [0.717, 1.165) is 32.5 Å². The van der Waals surface area contributed by atoms with E-state index in [9.17, 15) is 9.18 Å². The van der Waals surface area contributed by atoms with Crippen LogP contribution in [-0.2, 0) is 0 Å². The molecule has 2 N–H and O–H groups in total. The molecule has 0 aliphatic carbocycles. The Hall–Kier alpha value is -1.62. The van der Waals surface area contributed by atoms with Gasteiger partial charge in [0, 0.05) is 19.1 Å². The molecule has 4 nitrogen and oxygen atoms in total. The molecule has 0 unspecified atom stereocenters. The normalized spacial score (nSPS) is 17.2. The Morgan fingerprint density at radius 3 is 2.68 bits per heavy atom. The molecule has 0 spiro atoms. The highest BCUT2D eigenvalue weighted by atomic mass is 19.1. The lowest BCUT2D eigenvalue weighted by atomic mass is 10.1. The van der Waals surface area contributed by atoms with E-state index in [1.807, 2.05) is 0 Å². The van der Waals surface area contributed by atoms with Gasteiger partial charge in [0.15, 0.2) is 0 Å². The average molecular weight is 265 g/mol. The SMILES string of the molecule is CCN1CCC(NC(=O)Nc2ccccc2F)CC1. The van der Waals surface area contributed by atoms with Crippen LogP contribution in [0, 0.1) is 5.82 Å². The average Bonchev–Trinajstić information content (AvgIpc) is 2.42. The molecule has 1 aromatic rings. The summed E-state index contributed by atoms with van der Waals surface area (Å²) in [6.07, 6.45) is 1.89. The molecule has 1 heterocycles. The number of nitrogens with one attached hydrogen (secondary N) is 2. The molecular formula is C14H20FN3O. The van der Waals surface area contributed by atoms with E-state index in [-0.39, 0.29) is 17.8 Å². The number of hydrogen-bond acceptors (Lipinski definition) is 2. The number of benzene rings is 1. The highest BCUT2D eigenvalue weighted by Crippen LogP contribution is 2.13. The summed E-state index contributed by atoms with van der Waals surface area (Å²) < 4.78 is 13.4. The second-order valence-electron chi connectivity index (χ2n) is 4.79. The molecule has 2 amide bonds. The summed E-state index contributed by atoms with van der Waals surface area (Å²) in [5, 5.41) is 5.44. The molecule has 19 heavy (non-hydrogen) atoms. The number of carbonyl (C=O) groups is 1. The van der Waals surface area contributed by atoms with Crippen LogP contribution in [0.15, 0.2) is 24.3 Å². The molecule has 0 bridgehead atoms. The van der Waals surface area contributed by atoms with Crippen molar-refractivity contribution < 1.29 is 9.18 Å². The molecule has 5 heteroatoms. The molecule has 1 aromatic carbocycles. The van der Waals surface area contributed by atoms with Crippen LogP contribution in [0.3, 0.4) is 0 Å². The molecule has 1 fully saturated rings. The number of anilines is 1. The van der Waals surface area contributed by atoms with Crippen LogP contribution in [0.4, 0.5) is 14.9 Å². The largest absolute Gasteiger partial charge is 0.335 e. The Labute approximate surface area is 113 Å². The van der Waals surface area contributed by atoms with Crippen molar-refractivity contribution in [2.75, 3.05) is 25.0 Å². The summed E-state index contributed by atoms with van der Waals surface area (Å²) in [4.78, 5) is 14.1. The van der Waals surface area contributed by atoms with E-state index in [4.69, 9.17) is 0 Å². The van der Waals surface area contributed by atoms with E-state index < -0.39 is 5.82 Å². The fraction of sp³-hybridized carbons (Fsp3) is 0.500. The first-order valence-corrected chi connectivity index (χ1v) is 6.73. The second-order valence-corrected chi connectivity index (χ2v) is 4.79. The Balaban J connectivity index is 1.81. The van der Waals surface area contributed by atoms with Crippen molar-refractivity contribution in [3.8, 4) is 0 Å². The third-order valence-corrected chi connectivity index (χ3v) is 3.49. The third kappa shape index (κ3) is 3.92. The number of piperidine rings is 1. The summed E-state index contributed by atoms with van der Waals surface area (Å²) in [5.74, 6) is -0.418. The molecule has 2 rings (SSSR count). The van der Waals surface area contributed by atoms with Crippen LogP contribution >= 0.6 is 0 Å². The number of halogens is 1. The van der Waals surface area contributed by atoms with Crippen molar-refractivity contribution in [2.24, 2.45) is 0 Å². The number of nitrogens with zero attached hydrogens (tertiary/aromatic N) is 1. The fourth-order valence-corrected chi connectivity index (χ4v) is 2.30. The molecule has 0 aromatic heterocycles. The number of para-hydroxylation sites is 1. The van der Waals surface area contributed by atoms with Crippen molar-refractivity contribution in [2.45, 2.75) is 25.8 Å². The minimum Gasteiger partial charge on any atom is -0.335 e. The lowest BCUT2D eigenvalue weighted by Gasteiger charge is -2.31. The molecule has 104 valence electrons. The number of carbonyl (C=O) groups excluding carboxylic acids is 1. The van der Waals surface area contributed by atoms with Gasteiger partial charge >= 0.3 is 6.03 Å². The van der Waals surface area contributed by atoms with E-state index >= 15 is 0 Å². The lowest BCUT2D eigenvalue weighted by Crippen LogP contribution is -2.45. The van der Waals surface area contributed by atoms with Crippen LogP contribution < -0.4 is 10.6 Å². The van der Waals surface area contributed by atoms with Gasteiger partial charge in [0.1, 0.15) is 5.82 Å². The van der Waals surface area contributed by atoms with E-state index in [0.29, 0.717) is 0 Å². The summed E-state index contributed by atoms with van der Waals surface area (Å²) in [6, 6.07) is 6.01. The Kier molecular flexibility index (Phi) is 4.74. The van der Waals surface area contributed by atoms with Crippen LogP contribution in [0.2, 0.25) is 0 Å². The first-order valence-electron chi connectivity index (χ1n) is 6.73. The maximum absolute atomic E-state index is 13.4. The minimum absolute atomic E-state index is 0.176. The van der Waals surface area contributed by atoms with Gasteiger partial charge in [-0.3, -0.25) is 0 Å². The Bertz CT molecular complexity index is 430. The molecule has 0 saturated carbocycles. The zero-order valence-electron chi connectivity index (χ0n) is 11.2. The highest BCUT2D eigenvalue weighted by molar-refractivity contribution is 5.89. The van der Waals surface area contributed by atoms with Crippen LogP contribution in [-0.4, -0.2) is 36.6 Å². The number of amides is 2. The first-order chi connectivity index (χ1) is 9.19. The quantitative estimate of drug-likeness (QED) is 0.881. The van der Waals surface area contributed by atoms with Gasteiger partial charge in [-0.1, -0.05) is 19.1 Å². The topological polar surface area (TPSA) is 44.4 Å². The van der Waals surface area contributed by atoms with E-state index in [1.54, 1.807) is 18.2 Å². The maximum Gasteiger partial charge on any atom is 0.319 e. The summed E-state index contributed by atoms with van der Waals surface area (Å²) in [7, 11) is 0. The summed E-state index contributed by atoms with van der Waals surface area (Å²) in [6.45, 7) is 5.19. The van der Waals surface area contributed by atoms with Gasteiger partial charge in [-0.25, -0.2) is 9.18 Å². The third-order valence-electron chi connectivity index (χ3n) is 3.49. The number of likely N-dealkylation sites (tertiary alicyclic amines) is 1. The van der Waals surface area contributed by atoms with Gasteiger partial charge in [-0.05, 0) is 31.5 Å². The van der Waals surface area contributed by atoms with Gasteiger partial charge in [0.05, 0.1) is 5.69 Å². The summed E-state index contributed by atoms with van der Waals surface area (Å²) >= 11 is 0. The van der Waals surface area contributed by atoms with Crippen LogP contribution in [0.5, 0.6) is 0 Å². The maximum atomic E-state index is 13.4. The van der Waals surface area contributed by atoms with E-state index in [1.165, 1.54) is 6.07 Å². The van der Waals surface area contributed by atoms with Gasteiger partial charge in [0.25, 0.3) is 0 Å². The summed E-state index contributed by atoms with van der Waals surface area (Å²) in [5.41, 5.74) is 0.214. The molecule has 0 radical (unpaired) electrons. The molecular weight excluding hydrogens is 245 g/mol. The van der Waals surface area contributed by atoms with Crippen molar-refractivity contribution in [3.05, 3.63) is 30.1 Å². The van der Waals surface area contributed by atoms with Gasteiger partial charge < -0.3 is 15.5 Å². The molecule has 0 atom stereocenters. The number of hydrogen-bond donors (Lipinski definition) is 2. The predicted molar refractivity (Wildman–Crippen MR) is 73.7 cm³/mol.